The first-order chi connectivity index (χ1) is 6.95. The second-order valence-electron chi connectivity index (χ2n) is 4.14. The molecule has 0 aliphatic carbocycles. The van der Waals surface area contributed by atoms with E-state index in [1.807, 2.05) is 0 Å². The summed E-state index contributed by atoms with van der Waals surface area (Å²) in [6.07, 6.45) is 4.67. The molecule has 76 valence electrons. The molecule has 0 aromatic carbocycles. The zero-order valence-corrected chi connectivity index (χ0v) is 8.33. The van der Waals surface area contributed by atoms with Gasteiger partial charge in [0.05, 0.1) is 6.54 Å². The molecule has 0 amide bonds. The maximum Gasteiger partial charge on any atom is 0.197 e. The minimum absolute atomic E-state index is 0.714. The lowest BCUT2D eigenvalue weighted by molar-refractivity contribution is 0.346. The van der Waals surface area contributed by atoms with Crippen LogP contribution in [0.4, 0.5) is 0 Å². The van der Waals surface area contributed by atoms with Crippen molar-refractivity contribution in [1.29, 1.82) is 0 Å². The molecule has 3 nitrogen and oxygen atoms in total. The van der Waals surface area contributed by atoms with Gasteiger partial charge in [-0.3, -0.25) is 0 Å². The molecule has 2 aliphatic rings. The minimum atomic E-state index is 0.714. The van der Waals surface area contributed by atoms with Crippen molar-refractivity contribution in [2.45, 2.75) is 25.3 Å². The molecule has 1 saturated heterocycles. The summed E-state index contributed by atoms with van der Waals surface area (Å²) in [5.74, 6) is 1.85. The van der Waals surface area contributed by atoms with Gasteiger partial charge in [-0.2, -0.15) is 0 Å². The summed E-state index contributed by atoms with van der Waals surface area (Å²) in [7, 11) is 0. The van der Waals surface area contributed by atoms with E-state index in [2.05, 4.69) is 22.1 Å². The number of hydrogen-bond donors (Lipinski definition) is 1. The monoisotopic (exact) mass is 192 g/mol. The number of piperidine rings is 1. The van der Waals surface area contributed by atoms with E-state index in [0.29, 0.717) is 5.92 Å². The highest BCUT2D eigenvalue weighted by Crippen LogP contribution is 2.35. The Bertz CT molecular complexity index is 326. The Morgan fingerprint density at radius 2 is 2.21 bits per heavy atom. The van der Waals surface area contributed by atoms with Crippen LogP contribution in [0.5, 0.6) is 5.88 Å². The summed E-state index contributed by atoms with van der Waals surface area (Å²) >= 11 is 0. The van der Waals surface area contributed by atoms with Crippen LogP contribution >= 0.6 is 0 Å². The van der Waals surface area contributed by atoms with Crippen molar-refractivity contribution in [2.24, 2.45) is 0 Å². The standard InChI is InChI=1S/C11H16N2O/c1-4-12-5-2-9(1)10-3-6-13-7-8-14-11(10)13/h3,6,9,12H,1-2,4-5,7-8H2. The molecule has 0 radical (unpaired) electrons. The van der Waals surface area contributed by atoms with E-state index in [-0.39, 0.29) is 0 Å². The van der Waals surface area contributed by atoms with Crippen LogP contribution in [0.2, 0.25) is 0 Å². The lowest BCUT2D eigenvalue weighted by atomic mass is 9.92. The Morgan fingerprint density at radius 3 is 3.07 bits per heavy atom. The van der Waals surface area contributed by atoms with Gasteiger partial charge < -0.3 is 14.6 Å². The molecule has 0 bridgehead atoms. The van der Waals surface area contributed by atoms with E-state index < -0.39 is 0 Å². The summed E-state index contributed by atoms with van der Waals surface area (Å²) in [6, 6.07) is 2.24. The van der Waals surface area contributed by atoms with Gasteiger partial charge in [0, 0.05) is 11.8 Å². The maximum absolute atomic E-state index is 5.67. The van der Waals surface area contributed by atoms with Crippen molar-refractivity contribution < 1.29 is 4.74 Å². The SMILES string of the molecule is c1cn2c(c1C1CCNCC1)OCC2. The number of ether oxygens (including phenoxy) is 1. The first-order valence-corrected chi connectivity index (χ1v) is 5.48. The van der Waals surface area contributed by atoms with E-state index in [0.717, 1.165) is 32.1 Å². The largest absolute Gasteiger partial charge is 0.477 e. The van der Waals surface area contributed by atoms with Gasteiger partial charge in [-0.15, -0.1) is 0 Å². The van der Waals surface area contributed by atoms with E-state index in [1.54, 1.807) is 0 Å². The number of fused-ring (bicyclic) bond motifs is 1. The van der Waals surface area contributed by atoms with Crippen LogP contribution < -0.4 is 10.1 Å². The molecule has 14 heavy (non-hydrogen) atoms. The topological polar surface area (TPSA) is 26.2 Å². The Kier molecular flexibility index (Phi) is 1.98. The predicted octanol–water partition coefficient (Wildman–Crippen LogP) is 1.35. The average molecular weight is 192 g/mol. The molecule has 3 heterocycles. The maximum atomic E-state index is 5.67. The Hall–Kier alpha value is -0.960. The molecule has 1 aromatic rings. The van der Waals surface area contributed by atoms with Crippen molar-refractivity contribution in [2.75, 3.05) is 19.7 Å². The van der Waals surface area contributed by atoms with Gasteiger partial charge in [-0.1, -0.05) is 0 Å². The first-order valence-electron chi connectivity index (χ1n) is 5.48. The van der Waals surface area contributed by atoms with E-state index >= 15 is 0 Å². The molecule has 0 unspecified atom stereocenters. The first kappa shape index (κ1) is 8.36. The van der Waals surface area contributed by atoms with Crippen molar-refractivity contribution in [1.82, 2.24) is 9.88 Å². The van der Waals surface area contributed by atoms with Crippen LogP contribution in [-0.2, 0) is 6.54 Å². The van der Waals surface area contributed by atoms with Crippen molar-refractivity contribution in [3.8, 4) is 5.88 Å². The molecular formula is C11H16N2O. The molecule has 2 aliphatic heterocycles. The third-order valence-corrected chi connectivity index (χ3v) is 3.29. The highest BCUT2D eigenvalue weighted by Gasteiger charge is 2.23. The fourth-order valence-corrected chi connectivity index (χ4v) is 2.50. The third-order valence-electron chi connectivity index (χ3n) is 3.29. The molecule has 0 spiro atoms. The molecule has 0 saturated carbocycles. The van der Waals surface area contributed by atoms with Crippen molar-refractivity contribution in [3.63, 3.8) is 0 Å². The zero-order chi connectivity index (χ0) is 9.38. The molecule has 3 rings (SSSR count). The summed E-state index contributed by atoms with van der Waals surface area (Å²) in [5, 5.41) is 3.40. The van der Waals surface area contributed by atoms with Gasteiger partial charge in [0.25, 0.3) is 0 Å². The number of aromatic nitrogens is 1. The quantitative estimate of drug-likeness (QED) is 0.727. The molecule has 1 aromatic heterocycles. The summed E-state index contributed by atoms with van der Waals surface area (Å²) in [6.45, 7) is 4.18. The van der Waals surface area contributed by atoms with Crippen LogP contribution in [0.3, 0.4) is 0 Å². The van der Waals surface area contributed by atoms with Crippen molar-refractivity contribution in [3.05, 3.63) is 17.8 Å². The second kappa shape index (κ2) is 3.31. The van der Waals surface area contributed by atoms with E-state index in [4.69, 9.17) is 4.74 Å². The second-order valence-corrected chi connectivity index (χ2v) is 4.14. The highest BCUT2D eigenvalue weighted by molar-refractivity contribution is 5.34. The molecular weight excluding hydrogens is 176 g/mol. The Labute approximate surface area is 84.1 Å². The third kappa shape index (κ3) is 1.23. The number of nitrogens with one attached hydrogen (secondary N) is 1. The highest BCUT2D eigenvalue weighted by atomic mass is 16.5. The predicted molar refractivity (Wildman–Crippen MR) is 54.8 cm³/mol. The Morgan fingerprint density at radius 1 is 1.36 bits per heavy atom. The summed E-state index contributed by atoms with van der Waals surface area (Å²) in [4.78, 5) is 0. The lowest BCUT2D eigenvalue weighted by Gasteiger charge is -2.22. The fraction of sp³-hybridized carbons (Fsp3) is 0.636. The number of rotatable bonds is 1. The fourth-order valence-electron chi connectivity index (χ4n) is 2.50. The average Bonchev–Trinajstić information content (AvgIpc) is 2.79. The summed E-state index contributed by atoms with van der Waals surface area (Å²) in [5.41, 5.74) is 1.43. The zero-order valence-electron chi connectivity index (χ0n) is 8.33. The normalized spacial score (nSPS) is 22.0. The van der Waals surface area contributed by atoms with Crippen LogP contribution in [0.1, 0.15) is 24.3 Å². The molecule has 1 N–H and O–H groups in total. The van der Waals surface area contributed by atoms with E-state index in [1.165, 1.54) is 18.4 Å². The van der Waals surface area contributed by atoms with Gasteiger partial charge >= 0.3 is 0 Å². The van der Waals surface area contributed by atoms with Crippen LogP contribution in [-0.4, -0.2) is 24.3 Å². The van der Waals surface area contributed by atoms with E-state index in [9.17, 15) is 0 Å². The minimum Gasteiger partial charge on any atom is -0.477 e. The number of hydrogen-bond acceptors (Lipinski definition) is 2. The molecule has 3 heteroatoms. The van der Waals surface area contributed by atoms with Gasteiger partial charge in [-0.05, 0) is 37.9 Å². The van der Waals surface area contributed by atoms with Crippen LogP contribution in [0.15, 0.2) is 12.3 Å². The van der Waals surface area contributed by atoms with Crippen molar-refractivity contribution >= 4 is 0 Å². The van der Waals surface area contributed by atoms with Crippen LogP contribution in [0, 0.1) is 0 Å². The van der Waals surface area contributed by atoms with Gasteiger partial charge in [-0.25, -0.2) is 0 Å². The smallest absolute Gasteiger partial charge is 0.197 e. The van der Waals surface area contributed by atoms with Gasteiger partial charge in [0.15, 0.2) is 5.88 Å². The molecule has 0 atom stereocenters. The Balaban J connectivity index is 1.88. The lowest BCUT2D eigenvalue weighted by Crippen LogP contribution is -2.26. The molecule has 1 fully saturated rings. The van der Waals surface area contributed by atoms with Gasteiger partial charge in [0.2, 0.25) is 0 Å². The summed E-state index contributed by atoms with van der Waals surface area (Å²) < 4.78 is 7.90. The number of nitrogens with zero attached hydrogens (tertiary/aromatic N) is 1. The van der Waals surface area contributed by atoms with Gasteiger partial charge in [0.1, 0.15) is 6.61 Å². The van der Waals surface area contributed by atoms with Crippen LogP contribution in [0.25, 0.3) is 0 Å².